The van der Waals surface area contributed by atoms with Gasteiger partial charge in [0.1, 0.15) is 6.07 Å². The molecular weight excluding hydrogens is 216 g/mol. The van der Waals surface area contributed by atoms with Gasteiger partial charge in [0.15, 0.2) is 5.69 Å². The molecule has 0 aliphatic carbocycles. The zero-order chi connectivity index (χ0) is 11.3. The van der Waals surface area contributed by atoms with Gasteiger partial charge < -0.3 is 4.74 Å². The van der Waals surface area contributed by atoms with E-state index in [-0.39, 0.29) is 23.1 Å². The van der Waals surface area contributed by atoms with Crippen molar-refractivity contribution >= 4 is 17.6 Å². The summed E-state index contributed by atoms with van der Waals surface area (Å²) in [5, 5.41) is 8.95. The van der Waals surface area contributed by atoms with E-state index >= 15 is 0 Å². The van der Waals surface area contributed by atoms with Crippen LogP contribution < -0.4 is 0 Å². The van der Waals surface area contributed by atoms with Gasteiger partial charge in [-0.3, -0.25) is 4.79 Å². The first kappa shape index (κ1) is 11.5. The normalized spacial score (nSPS) is 9.40. The molecule has 0 bridgehead atoms. The van der Waals surface area contributed by atoms with E-state index in [4.69, 9.17) is 21.6 Å². The number of ether oxygens (including phenoxy) is 1. The molecule has 1 aromatic rings. The third-order valence-electron chi connectivity index (χ3n) is 1.64. The minimum atomic E-state index is -0.365. The molecular formula is C10H9ClN2O2. The number of carbonyl (C=O) groups excluding carboxylic acids is 1. The Morgan fingerprint density at radius 3 is 3.00 bits per heavy atom. The second kappa shape index (κ2) is 5.32. The molecule has 15 heavy (non-hydrogen) atoms. The molecule has 0 aliphatic heterocycles. The van der Waals surface area contributed by atoms with Crippen LogP contribution in [0.5, 0.6) is 0 Å². The maximum Gasteiger partial charge on any atom is 0.311 e. The van der Waals surface area contributed by atoms with Crippen LogP contribution in [0.1, 0.15) is 18.3 Å². The minimum absolute atomic E-state index is 0.0552. The standard InChI is InChI=1S/C10H9ClN2O2/c1-2-15-10(14)5-7-3-4-8(11)9(6-12)13-7/h3-4H,2,5H2,1H3. The maximum absolute atomic E-state index is 11.1. The van der Waals surface area contributed by atoms with Crippen LogP contribution in [0.3, 0.4) is 0 Å². The number of nitrogens with zero attached hydrogens (tertiary/aromatic N) is 2. The Morgan fingerprint density at radius 2 is 2.40 bits per heavy atom. The molecule has 0 spiro atoms. The fraction of sp³-hybridized carbons (Fsp3) is 0.300. The number of hydrogen-bond acceptors (Lipinski definition) is 4. The summed E-state index contributed by atoms with van der Waals surface area (Å²) in [5.41, 5.74) is 0.605. The molecule has 0 fully saturated rings. The van der Waals surface area contributed by atoms with Crippen molar-refractivity contribution in [1.82, 2.24) is 4.98 Å². The van der Waals surface area contributed by atoms with Gasteiger partial charge in [0, 0.05) is 0 Å². The molecule has 0 saturated heterocycles. The largest absolute Gasteiger partial charge is 0.466 e. The van der Waals surface area contributed by atoms with E-state index in [1.54, 1.807) is 19.1 Å². The second-order valence-electron chi connectivity index (χ2n) is 2.73. The van der Waals surface area contributed by atoms with Crippen LogP contribution in [0.4, 0.5) is 0 Å². The van der Waals surface area contributed by atoms with Crippen LogP contribution in [0.15, 0.2) is 12.1 Å². The number of carbonyl (C=O) groups is 1. The molecule has 4 nitrogen and oxygen atoms in total. The van der Waals surface area contributed by atoms with Gasteiger partial charge in [-0.2, -0.15) is 5.26 Å². The molecule has 0 unspecified atom stereocenters. The molecule has 0 N–H and O–H groups in total. The Balaban J connectivity index is 2.80. The summed E-state index contributed by atoms with van der Waals surface area (Å²) >= 11 is 5.69. The Hall–Kier alpha value is -1.60. The van der Waals surface area contributed by atoms with Gasteiger partial charge in [-0.25, -0.2) is 4.98 Å². The average Bonchev–Trinajstić information content (AvgIpc) is 2.21. The number of halogens is 1. The van der Waals surface area contributed by atoms with Crippen molar-refractivity contribution in [3.05, 3.63) is 28.5 Å². The van der Waals surface area contributed by atoms with Gasteiger partial charge in [-0.1, -0.05) is 11.6 Å². The molecule has 5 heteroatoms. The van der Waals surface area contributed by atoms with E-state index < -0.39 is 0 Å². The monoisotopic (exact) mass is 224 g/mol. The third kappa shape index (κ3) is 3.22. The Kier molecular flexibility index (Phi) is 4.07. The Morgan fingerprint density at radius 1 is 1.67 bits per heavy atom. The topological polar surface area (TPSA) is 63.0 Å². The van der Waals surface area contributed by atoms with Crippen molar-refractivity contribution in [2.24, 2.45) is 0 Å². The molecule has 1 aromatic heterocycles. The molecule has 1 heterocycles. The van der Waals surface area contributed by atoms with Crippen molar-refractivity contribution in [3.63, 3.8) is 0 Å². The number of nitriles is 1. The van der Waals surface area contributed by atoms with Crippen molar-refractivity contribution in [1.29, 1.82) is 5.26 Å². The van der Waals surface area contributed by atoms with E-state index in [1.165, 1.54) is 0 Å². The van der Waals surface area contributed by atoms with E-state index in [0.717, 1.165) is 0 Å². The Labute approximate surface area is 92.4 Å². The Bertz CT molecular complexity index is 412. The van der Waals surface area contributed by atoms with E-state index in [0.29, 0.717) is 12.3 Å². The van der Waals surface area contributed by atoms with Gasteiger partial charge >= 0.3 is 5.97 Å². The molecule has 0 atom stereocenters. The van der Waals surface area contributed by atoms with Crippen LogP contribution in [-0.2, 0) is 16.0 Å². The second-order valence-corrected chi connectivity index (χ2v) is 3.13. The third-order valence-corrected chi connectivity index (χ3v) is 1.95. The predicted molar refractivity (Wildman–Crippen MR) is 54.3 cm³/mol. The predicted octanol–water partition coefficient (Wildman–Crippen LogP) is 1.71. The number of aromatic nitrogens is 1. The summed E-state index contributed by atoms with van der Waals surface area (Å²) in [7, 11) is 0. The van der Waals surface area contributed by atoms with E-state index in [1.807, 2.05) is 6.07 Å². The summed E-state index contributed by atoms with van der Waals surface area (Å²) in [6, 6.07) is 4.99. The van der Waals surface area contributed by atoms with Gasteiger partial charge in [0.2, 0.25) is 0 Å². The fourth-order valence-corrected chi connectivity index (χ4v) is 1.17. The summed E-state index contributed by atoms with van der Waals surface area (Å²) in [6.07, 6.45) is 0.0552. The van der Waals surface area contributed by atoms with Crippen molar-refractivity contribution in [2.75, 3.05) is 6.61 Å². The highest BCUT2D eigenvalue weighted by Crippen LogP contribution is 2.13. The zero-order valence-corrected chi connectivity index (χ0v) is 8.91. The van der Waals surface area contributed by atoms with Crippen LogP contribution in [0.2, 0.25) is 5.02 Å². The molecule has 0 aromatic carbocycles. The molecule has 0 amide bonds. The number of hydrogen-bond donors (Lipinski definition) is 0. The number of rotatable bonds is 3. The van der Waals surface area contributed by atoms with E-state index in [9.17, 15) is 4.79 Å². The number of esters is 1. The van der Waals surface area contributed by atoms with Gasteiger partial charge in [-0.05, 0) is 19.1 Å². The highest BCUT2D eigenvalue weighted by Gasteiger charge is 2.08. The smallest absolute Gasteiger partial charge is 0.311 e. The SMILES string of the molecule is CCOC(=O)Cc1ccc(Cl)c(C#N)n1. The molecule has 0 saturated carbocycles. The lowest BCUT2D eigenvalue weighted by Crippen LogP contribution is -2.09. The van der Waals surface area contributed by atoms with Crippen molar-refractivity contribution in [3.8, 4) is 6.07 Å². The summed E-state index contributed by atoms with van der Waals surface area (Å²) in [4.78, 5) is 15.0. The van der Waals surface area contributed by atoms with Crippen molar-refractivity contribution in [2.45, 2.75) is 13.3 Å². The maximum atomic E-state index is 11.1. The zero-order valence-electron chi connectivity index (χ0n) is 8.16. The lowest BCUT2D eigenvalue weighted by Gasteiger charge is -2.02. The lowest BCUT2D eigenvalue weighted by atomic mass is 10.2. The number of pyridine rings is 1. The molecule has 0 radical (unpaired) electrons. The van der Waals surface area contributed by atoms with Crippen LogP contribution in [0.25, 0.3) is 0 Å². The first-order chi connectivity index (χ1) is 7.17. The first-order valence-corrected chi connectivity index (χ1v) is 4.76. The van der Waals surface area contributed by atoms with Crippen LogP contribution >= 0.6 is 11.6 Å². The minimum Gasteiger partial charge on any atom is -0.466 e. The summed E-state index contributed by atoms with van der Waals surface area (Å²) in [6.45, 7) is 2.06. The summed E-state index contributed by atoms with van der Waals surface area (Å²) < 4.78 is 4.75. The lowest BCUT2D eigenvalue weighted by molar-refractivity contribution is -0.142. The highest BCUT2D eigenvalue weighted by atomic mass is 35.5. The molecule has 0 aliphatic rings. The van der Waals surface area contributed by atoms with E-state index in [2.05, 4.69) is 4.98 Å². The van der Waals surface area contributed by atoms with Crippen molar-refractivity contribution < 1.29 is 9.53 Å². The molecule has 78 valence electrons. The summed E-state index contributed by atoms with van der Waals surface area (Å²) in [5.74, 6) is -0.365. The quantitative estimate of drug-likeness (QED) is 0.734. The average molecular weight is 225 g/mol. The van der Waals surface area contributed by atoms with Crippen LogP contribution in [-0.4, -0.2) is 17.6 Å². The first-order valence-electron chi connectivity index (χ1n) is 4.38. The van der Waals surface area contributed by atoms with Gasteiger partial charge in [0.25, 0.3) is 0 Å². The molecule has 1 rings (SSSR count). The van der Waals surface area contributed by atoms with Gasteiger partial charge in [-0.15, -0.1) is 0 Å². The van der Waals surface area contributed by atoms with Gasteiger partial charge in [0.05, 0.1) is 23.7 Å². The van der Waals surface area contributed by atoms with Crippen LogP contribution in [0, 0.1) is 11.3 Å². The highest BCUT2D eigenvalue weighted by molar-refractivity contribution is 6.31. The fourth-order valence-electron chi connectivity index (χ4n) is 1.02.